The second kappa shape index (κ2) is 5.70. The molecule has 1 fully saturated rings. The molecule has 0 atom stereocenters. The normalized spacial score (nSPS) is 16.6. The van der Waals surface area contributed by atoms with E-state index in [1.54, 1.807) is 25.6 Å². The van der Waals surface area contributed by atoms with Gasteiger partial charge in [-0.15, -0.1) is 0 Å². The molecule has 2 nitrogen and oxygen atoms in total. The van der Waals surface area contributed by atoms with Gasteiger partial charge >= 0.3 is 0 Å². The summed E-state index contributed by atoms with van der Waals surface area (Å²) in [6.45, 7) is 0. The molecule has 1 aromatic carbocycles. The van der Waals surface area contributed by atoms with Crippen molar-refractivity contribution in [2.24, 2.45) is 0 Å². The van der Waals surface area contributed by atoms with Crippen molar-refractivity contribution in [3.63, 3.8) is 0 Å². The predicted molar refractivity (Wildman–Crippen MR) is 86.6 cm³/mol. The highest BCUT2D eigenvalue weighted by atomic mass is 35.5. The van der Waals surface area contributed by atoms with Gasteiger partial charge in [0.1, 0.15) is 0 Å². The van der Waals surface area contributed by atoms with Gasteiger partial charge in [0.05, 0.1) is 13.4 Å². The van der Waals surface area contributed by atoms with Gasteiger partial charge < -0.3 is 4.74 Å². The lowest BCUT2D eigenvalue weighted by atomic mass is 9.85. The van der Waals surface area contributed by atoms with E-state index in [0.717, 1.165) is 24.0 Å². The molecule has 4 heteroatoms. The van der Waals surface area contributed by atoms with E-state index in [2.05, 4.69) is 11.1 Å². The third kappa shape index (κ3) is 2.66. The van der Waals surface area contributed by atoms with E-state index >= 15 is 0 Å². The van der Waals surface area contributed by atoms with Crippen LogP contribution < -0.4 is 0 Å². The SMILES string of the molecule is COC=C(c1ccc(Cl)cc1Cl)C1(c2cccnc2)CC1. The number of allylic oxidation sites excluding steroid dienone is 1. The van der Waals surface area contributed by atoms with Crippen molar-refractivity contribution in [1.82, 2.24) is 4.98 Å². The molecule has 2 aromatic rings. The van der Waals surface area contributed by atoms with Crippen molar-refractivity contribution >= 4 is 28.8 Å². The second-order valence-corrected chi connectivity index (χ2v) is 6.06. The largest absolute Gasteiger partial charge is 0.504 e. The topological polar surface area (TPSA) is 22.1 Å². The lowest BCUT2D eigenvalue weighted by Gasteiger charge is -2.21. The highest BCUT2D eigenvalue weighted by Crippen LogP contribution is 2.57. The Morgan fingerprint density at radius 1 is 1.29 bits per heavy atom. The predicted octanol–water partition coefficient (Wildman–Crippen LogP) is 5.11. The van der Waals surface area contributed by atoms with E-state index in [1.807, 2.05) is 24.4 Å². The van der Waals surface area contributed by atoms with Gasteiger partial charge in [0.2, 0.25) is 0 Å². The molecule has 1 heterocycles. The maximum atomic E-state index is 6.38. The van der Waals surface area contributed by atoms with Crippen molar-refractivity contribution in [3.8, 4) is 0 Å². The van der Waals surface area contributed by atoms with E-state index in [9.17, 15) is 0 Å². The maximum absolute atomic E-state index is 6.38. The monoisotopic (exact) mass is 319 g/mol. The van der Waals surface area contributed by atoms with Crippen LogP contribution in [-0.4, -0.2) is 12.1 Å². The van der Waals surface area contributed by atoms with Crippen molar-refractivity contribution in [1.29, 1.82) is 0 Å². The summed E-state index contributed by atoms with van der Waals surface area (Å²) in [4.78, 5) is 4.24. The van der Waals surface area contributed by atoms with Crippen LogP contribution in [0.25, 0.3) is 5.57 Å². The van der Waals surface area contributed by atoms with Crippen LogP contribution in [0.1, 0.15) is 24.0 Å². The van der Waals surface area contributed by atoms with Gasteiger partial charge in [-0.05, 0) is 36.6 Å². The van der Waals surface area contributed by atoms with Crippen molar-refractivity contribution in [3.05, 3.63) is 70.2 Å². The molecule has 1 saturated carbocycles. The van der Waals surface area contributed by atoms with Crippen molar-refractivity contribution in [2.45, 2.75) is 18.3 Å². The Kier molecular flexibility index (Phi) is 3.92. The third-order valence-corrected chi connectivity index (χ3v) is 4.48. The lowest BCUT2D eigenvalue weighted by Crippen LogP contribution is -2.11. The first-order valence-electron chi connectivity index (χ1n) is 6.77. The fourth-order valence-corrected chi connectivity index (χ4v) is 3.25. The molecule has 0 N–H and O–H groups in total. The average molecular weight is 320 g/mol. The number of rotatable bonds is 4. The standard InChI is InChI=1S/C17H15Cl2NO/c1-21-11-15(14-5-4-13(18)9-16(14)19)17(6-7-17)12-3-2-8-20-10-12/h2-5,8-11H,6-7H2,1H3. The molecule has 0 amide bonds. The van der Waals surface area contributed by atoms with E-state index < -0.39 is 0 Å². The highest BCUT2D eigenvalue weighted by Gasteiger charge is 2.48. The first-order valence-corrected chi connectivity index (χ1v) is 7.52. The molecule has 0 radical (unpaired) electrons. The number of benzene rings is 1. The molecular weight excluding hydrogens is 305 g/mol. The van der Waals surface area contributed by atoms with Crippen LogP contribution >= 0.6 is 23.2 Å². The fraction of sp³-hybridized carbons (Fsp3) is 0.235. The Bertz CT molecular complexity index is 678. The van der Waals surface area contributed by atoms with Crippen LogP contribution in [-0.2, 0) is 10.2 Å². The summed E-state index contributed by atoms with van der Waals surface area (Å²) in [5.41, 5.74) is 3.19. The van der Waals surface area contributed by atoms with Crippen LogP contribution in [0.2, 0.25) is 10.0 Å². The van der Waals surface area contributed by atoms with Gasteiger partial charge in [-0.1, -0.05) is 35.3 Å². The molecule has 0 bridgehead atoms. The number of methoxy groups -OCH3 is 1. The quantitative estimate of drug-likeness (QED) is 0.731. The Morgan fingerprint density at radius 2 is 2.10 bits per heavy atom. The molecular formula is C17H15Cl2NO. The molecule has 1 aliphatic rings. The van der Waals surface area contributed by atoms with Gasteiger partial charge in [0.25, 0.3) is 0 Å². The molecule has 0 saturated heterocycles. The summed E-state index contributed by atoms with van der Waals surface area (Å²) in [6, 6.07) is 9.63. The molecule has 108 valence electrons. The summed E-state index contributed by atoms with van der Waals surface area (Å²) in [7, 11) is 1.66. The lowest BCUT2D eigenvalue weighted by molar-refractivity contribution is 0.338. The molecule has 3 rings (SSSR count). The van der Waals surface area contributed by atoms with Gasteiger partial charge in [-0.25, -0.2) is 0 Å². The number of halogens is 2. The Balaban J connectivity index is 2.10. The van der Waals surface area contributed by atoms with Crippen LogP contribution in [0, 0.1) is 0 Å². The van der Waals surface area contributed by atoms with E-state index in [0.29, 0.717) is 10.0 Å². The first kappa shape index (κ1) is 14.4. The Morgan fingerprint density at radius 3 is 2.67 bits per heavy atom. The Labute approximate surface area is 134 Å². The minimum Gasteiger partial charge on any atom is -0.504 e. The number of hydrogen-bond donors (Lipinski definition) is 0. The average Bonchev–Trinajstić information content (AvgIpc) is 3.28. The smallest absolute Gasteiger partial charge is 0.0872 e. The first-order chi connectivity index (χ1) is 10.2. The van der Waals surface area contributed by atoms with Crippen LogP contribution in [0.5, 0.6) is 0 Å². The number of hydrogen-bond acceptors (Lipinski definition) is 2. The van der Waals surface area contributed by atoms with E-state index in [1.165, 1.54) is 5.56 Å². The molecule has 0 aliphatic heterocycles. The number of ether oxygens (including phenoxy) is 1. The summed E-state index contributed by atoms with van der Waals surface area (Å²) < 4.78 is 5.32. The summed E-state index contributed by atoms with van der Waals surface area (Å²) >= 11 is 12.4. The van der Waals surface area contributed by atoms with Gasteiger partial charge in [-0.3, -0.25) is 4.98 Å². The molecule has 21 heavy (non-hydrogen) atoms. The molecule has 1 aromatic heterocycles. The number of pyridine rings is 1. The summed E-state index contributed by atoms with van der Waals surface area (Å²) in [5, 5.41) is 1.27. The van der Waals surface area contributed by atoms with Gasteiger partial charge in [0, 0.05) is 39.0 Å². The highest BCUT2D eigenvalue weighted by molar-refractivity contribution is 6.35. The molecule has 1 aliphatic carbocycles. The van der Waals surface area contributed by atoms with Crippen LogP contribution in [0.4, 0.5) is 0 Å². The van der Waals surface area contributed by atoms with Crippen molar-refractivity contribution in [2.75, 3.05) is 7.11 Å². The van der Waals surface area contributed by atoms with Gasteiger partial charge in [-0.2, -0.15) is 0 Å². The summed E-state index contributed by atoms with van der Waals surface area (Å²) in [5.74, 6) is 0. The third-order valence-electron chi connectivity index (χ3n) is 3.94. The van der Waals surface area contributed by atoms with E-state index in [4.69, 9.17) is 27.9 Å². The summed E-state index contributed by atoms with van der Waals surface area (Å²) in [6.07, 6.45) is 7.61. The number of aromatic nitrogens is 1. The second-order valence-electron chi connectivity index (χ2n) is 5.22. The van der Waals surface area contributed by atoms with Crippen LogP contribution in [0.3, 0.4) is 0 Å². The zero-order chi connectivity index (χ0) is 14.9. The van der Waals surface area contributed by atoms with Crippen molar-refractivity contribution < 1.29 is 4.74 Å². The minimum atomic E-state index is -0.0538. The minimum absolute atomic E-state index is 0.0538. The van der Waals surface area contributed by atoms with Gasteiger partial charge in [0.15, 0.2) is 0 Å². The maximum Gasteiger partial charge on any atom is 0.0872 e. The Hall–Kier alpha value is -1.51. The zero-order valence-electron chi connectivity index (χ0n) is 11.6. The molecule has 0 spiro atoms. The van der Waals surface area contributed by atoms with E-state index in [-0.39, 0.29) is 5.41 Å². The fourth-order valence-electron chi connectivity index (χ4n) is 2.74. The van der Waals surface area contributed by atoms with Crippen LogP contribution in [0.15, 0.2) is 49.0 Å². The zero-order valence-corrected chi connectivity index (χ0v) is 13.2. The molecule has 0 unspecified atom stereocenters. The number of nitrogens with zero attached hydrogens (tertiary/aromatic N) is 1.